The smallest absolute Gasteiger partial charge is 0.411 e. The van der Waals surface area contributed by atoms with Crippen LogP contribution in [0.2, 0.25) is 10.0 Å². The maximum atomic E-state index is 11.2. The van der Waals surface area contributed by atoms with E-state index < -0.39 is 6.09 Å². The molecular weight excluding hydrogens is 311 g/mol. The second-order valence-electron chi connectivity index (χ2n) is 4.25. The largest absolute Gasteiger partial charge is 0.453 e. The van der Waals surface area contributed by atoms with Crippen LogP contribution in [-0.4, -0.2) is 13.2 Å². The normalized spacial score (nSPS) is 10.0. The van der Waals surface area contributed by atoms with Crippen LogP contribution in [0.15, 0.2) is 42.5 Å². The molecule has 0 bridgehead atoms. The molecule has 0 spiro atoms. The van der Waals surface area contributed by atoms with Gasteiger partial charge < -0.3 is 10.1 Å². The van der Waals surface area contributed by atoms with E-state index in [1.165, 1.54) is 7.11 Å². The highest BCUT2D eigenvalue weighted by Gasteiger charge is 2.06. The molecule has 0 aromatic heterocycles. The predicted octanol–water partition coefficient (Wildman–Crippen LogP) is 4.78. The van der Waals surface area contributed by atoms with Crippen molar-refractivity contribution in [3.8, 4) is 0 Å². The summed E-state index contributed by atoms with van der Waals surface area (Å²) in [6.45, 7) is 0.486. The van der Waals surface area contributed by atoms with E-state index >= 15 is 0 Å². The molecule has 0 fully saturated rings. The number of carbonyl (C=O) groups is 1. The summed E-state index contributed by atoms with van der Waals surface area (Å²) < 4.78 is 4.55. The fraction of sp³-hybridized carbons (Fsp3) is 0.133. The highest BCUT2D eigenvalue weighted by atomic mass is 35.5. The van der Waals surface area contributed by atoms with E-state index in [2.05, 4.69) is 15.4 Å². The minimum atomic E-state index is -0.513. The average molecular weight is 325 g/mol. The molecule has 21 heavy (non-hydrogen) atoms. The van der Waals surface area contributed by atoms with E-state index in [0.29, 0.717) is 22.3 Å². The Bertz CT molecular complexity index is 627. The molecule has 0 saturated heterocycles. The minimum absolute atomic E-state index is 0.486. The van der Waals surface area contributed by atoms with Crippen LogP contribution in [0.5, 0.6) is 0 Å². The SMILES string of the molecule is COC(=O)Nc1cccc(NCc2c(Cl)cccc2Cl)c1. The van der Waals surface area contributed by atoms with E-state index in [1.807, 2.05) is 12.1 Å². The van der Waals surface area contributed by atoms with Crippen molar-refractivity contribution in [2.24, 2.45) is 0 Å². The Hall–Kier alpha value is -1.91. The Balaban J connectivity index is 2.07. The van der Waals surface area contributed by atoms with Gasteiger partial charge in [0.2, 0.25) is 0 Å². The lowest BCUT2D eigenvalue weighted by Crippen LogP contribution is -2.11. The van der Waals surface area contributed by atoms with Crippen LogP contribution in [0.4, 0.5) is 16.2 Å². The molecule has 2 aromatic carbocycles. The Kier molecular flexibility index (Phi) is 5.31. The van der Waals surface area contributed by atoms with Gasteiger partial charge in [0.25, 0.3) is 0 Å². The average Bonchev–Trinajstić information content (AvgIpc) is 2.47. The topological polar surface area (TPSA) is 50.4 Å². The van der Waals surface area contributed by atoms with Gasteiger partial charge >= 0.3 is 6.09 Å². The number of benzene rings is 2. The molecule has 0 aliphatic carbocycles. The number of anilines is 2. The second-order valence-corrected chi connectivity index (χ2v) is 5.07. The van der Waals surface area contributed by atoms with Gasteiger partial charge in [-0.2, -0.15) is 0 Å². The number of hydrogen-bond donors (Lipinski definition) is 2. The van der Waals surface area contributed by atoms with Gasteiger partial charge in [0, 0.05) is 33.5 Å². The fourth-order valence-electron chi connectivity index (χ4n) is 1.77. The Morgan fingerprint density at radius 3 is 2.38 bits per heavy atom. The first-order valence-corrected chi connectivity index (χ1v) is 6.97. The summed E-state index contributed by atoms with van der Waals surface area (Å²) in [5.74, 6) is 0. The standard InChI is InChI=1S/C15H14Cl2N2O2/c1-21-15(20)19-11-5-2-4-10(8-11)18-9-12-13(16)6-3-7-14(12)17/h2-8,18H,9H2,1H3,(H,19,20). The minimum Gasteiger partial charge on any atom is -0.453 e. The molecule has 4 nitrogen and oxygen atoms in total. The summed E-state index contributed by atoms with van der Waals surface area (Å²) in [6, 6.07) is 12.6. The third-order valence-electron chi connectivity index (χ3n) is 2.83. The van der Waals surface area contributed by atoms with Gasteiger partial charge in [-0.25, -0.2) is 4.79 Å². The van der Waals surface area contributed by atoms with Gasteiger partial charge in [0.05, 0.1) is 7.11 Å². The third-order valence-corrected chi connectivity index (χ3v) is 3.53. The van der Waals surface area contributed by atoms with Crippen LogP contribution in [0, 0.1) is 0 Å². The van der Waals surface area contributed by atoms with Crippen molar-refractivity contribution >= 4 is 40.7 Å². The number of methoxy groups -OCH3 is 1. The fourth-order valence-corrected chi connectivity index (χ4v) is 2.30. The van der Waals surface area contributed by atoms with E-state index in [0.717, 1.165) is 11.3 Å². The predicted molar refractivity (Wildman–Crippen MR) is 86.3 cm³/mol. The number of hydrogen-bond acceptors (Lipinski definition) is 3. The molecule has 1 amide bonds. The van der Waals surface area contributed by atoms with Gasteiger partial charge in [-0.05, 0) is 30.3 Å². The van der Waals surface area contributed by atoms with Crippen molar-refractivity contribution in [1.82, 2.24) is 0 Å². The van der Waals surface area contributed by atoms with Gasteiger partial charge in [-0.3, -0.25) is 5.32 Å². The molecule has 2 N–H and O–H groups in total. The summed E-state index contributed by atoms with van der Waals surface area (Å²) in [7, 11) is 1.32. The number of carbonyl (C=O) groups excluding carboxylic acids is 1. The van der Waals surface area contributed by atoms with E-state index in [4.69, 9.17) is 23.2 Å². The molecular formula is C15H14Cl2N2O2. The zero-order chi connectivity index (χ0) is 15.2. The summed E-state index contributed by atoms with van der Waals surface area (Å²) >= 11 is 12.2. The van der Waals surface area contributed by atoms with Gasteiger partial charge in [-0.1, -0.05) is 35.3 Å². The molecule has 0 radical (unpaired) electrons. The van der Waals surface area contributed by atoms with Gasteiger partial charge in [0.1, 0.15) is 0 Å². The Labute approximate surface area is 133 Å². The number of nitrogens with one attached hydrogen (secondary N) is 2. The molecule has 110 valence electrons. The maximum Gasteiger partial charge on any atom is 0.411 e. The van der Waals surface area contributed by atoms with Crippen LogP contribution in [0.3, 0.4) is 0 Å². The van der Waals surface area contributed by atoms with Crippen LogP contribution < -0.4 is 10.6 Å². The highest BCUT2D eigenvalue weighted by Crippen LogP contribution is 2.25. The molecule has 0 unspecified atom stereocenters. The van der Waals surface area contributed by atoms with E-state index in [9.17, 15) is 4.79 Å². The zero-order valence-electron chi connectivity index (χ0n) is 11.3. The van der Waals surface area contributed by atoms with Gasteiger partial charge in [0.15, 0.2) is 0 Å². The lowest BCUT2D eigenvalue weighted by Gasteiger charge is -2.11. The monoisotopic (exact) mass is 324 g/mol. The molecule has 0 aliphatic heterocycles. The quantitative estimate of drug-likeness (QED) is 0.850. The highest BCUT2D eigenvalue weighted by molar-refractivity contribution is 6.36. The van der Waals surface area contributed by atoms with Crippen molar-refractivity contribution in [2.45, 2.75) is 6.54 Å². The number of halogens is 2. The zero-order valence-corrected chi connectivity index (χ0v) is 12.8. The lowest BCUT2D eigenvalue weighted by atomic mass is 10.2. The third kappa shape index (κ3) is 4.28. The molecule has 2 rings (SSSR count). The van der Waals surface area contributed by atoms with Crippen LogP contribution >= 0.6 is 23.2 Å². The number of rotatable bonds is 4. The molecule has 6 heteroatoms. The second kappa shape index (κ2) is 7.20. The first-order chi connectivity index (χ1) is 10.1. The summed E-state index contributed by atoms with van der Waals surface area (Å²) in [5, 5.41) is 7.03. The van der Waals surface area contributed by atoms with E-state index in [1.54, 1.807) is 30.3 Å². The van der Waals surface area contributed by atoms with Crippen LogP contribution in [-0.2, 0) is 11.3 Å². The van der Waals surface area contributed by atoms with Crippen LogP contribution in [0.25, 0.3) is 0 Å². The Morgan fingerprint density at radius 1 is 1.10 bits per heavy atom. The Morgan fingerprint density at radius 2 is 1.71 bits per heavy atom. The molecule has 0 atom stereocenters. The first-order valence-electron chi connectivity index (χ1n) is 6.22. The summed E-state index contributed by atoms with van der Waals surface area (Å²) in [5.41, 5.74) is 2.30. The maximum absolute atomic E-state index is 11.2. The van der Waals surface area contributed by atoms with Gasteiger partial charge in [-0.15, -0.1) is 0 Å². The van der Waals surface area contributed by atoms with Crippen molar-refractivity contribution in [3.63, 3.8) is 0 Å². The molecule has 0 aliphatic rings. The summed E-state index contributed by atoms with van der Waals surface area (Å²) in [4.78, 5) is 11.2. The van der Waals surface area contributed by atoms with Crippen molar-refractivity contribution < 1.29 is 9.53 Å². The molecule has 0 heterocycles. The summed E-state index contributed by atoms with van der Waals surface area (Å²) in [6.07, 6.45) is -0.513. The van der Waals surface area contributed by atoms with E-state index in [-0.39, 0.29) is 0 Å². The number of ether oxygens (including phenoxy) is 1. The molecule has 2 aromatic rings. The van der Waals surface area contributed by atoms with Crippen molar-refractivity contribution in [1.29, 1.82) is 0 Å². The van der Waals surface area contributed by atoms with Crippen molar-refractivity contribution in [2.75, 3.05) is 17.7 Å². The van der Waals surface area contributed by atoms with Crippen molar-refractivity contribution in [3.05, 3.63) is 58.1 Å². The van der Waals surface area contributed by atoms with Crippen LogP contribution in [0.1, 0.15) is 5.56 Å². The number of amides is 1. The first kappa shape index (κ1) is 15.5. The molecule has 0 saturated carbocycles. The lowest BCUT2D eigenvalue weighted by molar-refractivity contribution is 0.187.